The summed E-state index contributed by atoms with van der Waals surface area (Å²) in [7, 11) is 0. The Bertz CT molecular complexity index is 673. The van der Waals surface area contributed by atoms with E-state index in [2.05, 4.69) is 21.4 Å². The number of carbonyl (C=O) groups is 1. The van der Waals surface area contributed by atoms with Crippen molar-refractivity contribution in [2.24, 2.45) is 0 Å². The lowest BCUT2D eigenvalue weighted by atomic mass is 10.2. The van der Waals surface area contributed by atoms with Gasteiger partial charge in [-0.05, 0) is 38.4 Å². The van der Waals surface area contributed by atoms with Gasteiger partial charge in [0.05, 0.1) is 11.1 Å². The summed E-state index contributed by atoms with van der Waals surface area (Å²) < 4.78 is 2.13. The number of aromatic nitrogens is 2. The first-order valence-electron chi connectivity index (χ1n) is 7.55. The van der Waals surface area contributed by atoms with Crippen molar-refractivity contribution in [1.82, 2.24) is 14.5 Å². The zero-order chi connectivity index (χ0) is 15.0. The average molecular weight is 287 g/mol. The molecular formula is C16H21N3O2. The molecule has 0 spiro atoms. The molecule has 0 aliphatic heterocycles. The fraction of sp³-hybridized carbons (Fsp3) is 0.500. The molecule has 1 aliphatic carbocycles. The third kappa shape index (κ3) is 2.65. The van der Waals surface area contributed by atoms with E-state index in [1.165, 1.54) is 12.8 Å². The largest absolute Gasteiger partial charge is 0.478 e. The molecule has 1 aromatic carbocycles. The Morgan fingerprint density at radius 1 is 1.48 bits per heavy atom. The first kappa shape index (κ1) is 14.1. The van der Waals surface area contributed by atoms with Crippen molar-refractivity contribution in [3.63, 3.8) is 0 Å². The van der Waals surface area contributed by atoms with Crippen LogP contribution in [0.4, 0.5) is 0 Å². The predicted molar refractivity (Wildman–Crippen MR) is 81.7 cm³/mol. The maximum absolute atomic E-state index is 11.3. The lowest BCUT2D eigenvalue weighted by Gasteiger charge is -2.20. The van der Waals surface area contributed by atoms with Crippen LogP contribution < -0.4 is 0 Å². The van der Waals surface area contributed by atoms with E-state index in [9.17, 15) is 9.90 Å². The van der Waals surface area contributed by atoms with Crippen molar-refractivity contribution in [3.05, 3.63) is 29.6 Å². The van der Waals surface area contributed by atoms with Crippen molar-refractivity contribution >= 4 is 17.0 Å². The third-order valence-electron chi connectivity index (χ3n) is 4.28. The number of carboxylic acid groups (broad SMARTS) is 1. The van der Waals surface area contributed by atoms with E-state index in [1.807, 2.05) is 13.0 Å². The maximum atomic E-state index is 11.3. The van der Waals surface area contributed by atoms with Gasteiger partial charge in [-0.1, -0.05) is 13.0 Å². The van der Waals surface area contributed by atoms with Gasteiger partial charge in [0.2, 0.25) is 0 Å². The van der Waals surface area contributed by atoms with Crippen LogP contribution in [0.3, 0.4) is 0 Å². The second-order valence-corrected chi connectivity index (χ2v) is 5.65. The molecule has 0 amide bonds. The van der Waals surface area contributed by atoms with E-state index in [0.29, 0.717) is 5.52 Å². The number of carboxylic acids is 1. The second kappa shape index (κ2) is 5.48. The minimum atomic E-state index is -0.918. The lowest BCUT2D eigenvalue weighted by Crippen LogP contribution is -2.29. The lowest BCUT2D eigenvalue weighted by molar-refractivity contribution is 0.0699. The molecule has 112 valence electrons. The Balaban J connectivity index is 1.89. The summed E-state index contributed by atoms with van der Waals surface area (Å²) in [4.78, 5) is 18.2. The number of nitrogens with zero attached hydrogens (tertiary/aromatic N) is 3. The quantitative estimate of drug-likeness (QED) is 0.887. The number of hydrogen-bond acceptors (Lipinski definition) is 3. The zero-order valence-corrected chi connectivity index (χ0v) is 12.5. The minimum absolute atomic E-state index is 0.281. The van der Waals surface area contributed by atoms with Gasteiger partial charge >= 0.3 is 5.97 Å². The summed E-state index contributed by atoms with van der Waals surface area (Å²) >= 11 is 0. The Labute approximate surface area is 124 Å². The Hall–Kier alpha value is -1.88. The number of fused-ring (bicyclic) bond motifs is 1. The Morgan fingerprint density at radius 3 is 2.86 bits per heavy atom. The fourth-order valence-corrected chi connectivity index (χ4v) is 2.98. The number of imidazole rings is 1. The zero-order valence-electron chi connectivity index (χ0n) is 12.5. The molecular weight excluding hydrogens is 266 g/mol. The van der Waals surface area contributed by atoms with Crippen LogP contribution in [0.5, 0.6) is 0 Å². The van der Waals surface area contributed by atoms with Crippen LogP contribution in [0.25, 0.3) is 11.0 Å². The summed E-state index contributed by atoms with van der Waals surface area (Å²) in [6.45, 7) is 7.05. The van der Waals surface area contributed by atoms with E-state index in [4.69, 9.17) is 0 Å². The number of rotatable bonds is 6. The summed E-state index contributed by atoms with van der Waals surface area (Å²) in [6, 6.07) is 6.11. The number of benzene rings is 1. The van der Waals surface area contributed by atoms with E-state index in [0.717, 1.165) is 37.0 Å². The number of para-hydroxylation sites is 1. The molecule has 1 fully saturated rings. The highest BCUT2D eigenvalue weighted by Crippen LogP contribution is 2.27. The second-order valence-electron chi connectivity index (χ2n) is 5.65. The summed E-state index contributed by atoms with van der Waals surface area (Å²) in [5.74, 6) is -0.0380. The van der Waals surface area contributed by atoms with Crippen LogP contribution in [-0.2, 0) is 6.54 Å². The minimum Gasteiger partial charge on any atom is -0.478 e. The molecule has 0 unspecified atom stereocenters. The van der Waals surface area contributed by atoms with Crippen molar-refractivity contribution in [1.29, 1.82) is 0 Å². The Kier molecular flexibility index (Phi) is 3.68. The van der Waals surface area contributed by atoms with Gasteiger partial charge in [-0.2, -0.15) is 0 Å². The highest BCUT2D eigenvalue weighted by atomic mass is 16.4. The molecule has 1 aliphatic rings. The molecule has 0 atom stereocenters. The summed E-state index contributed by atoms with van der Waals surface area (Å²) in [5, 5.41) is 9.26. The summed E-state index contributed by atoms with van der Waals surface area (Å²) in [6.07, 6.45) is 2.61. The molecule has 5 nitrogen and oxygen atoms in total. The smallest absolute Gasteiger partial charge is 0.337 e. The monoisotopic (exact) mass is 287 g/mol. The predicted octanol–water partition coefficient (Wildman–Crippen LogP) is 2.53. The highest BCUT2D eigenvalue weighted by Gasteiger charge is 2.27. The molecule has 1 saturated carbocycles. The van der Waals surface area contributed by atoms with Gasteiger partial charge in [0.1, 0.15) is 11.3 Å². The van der Waals surface area contributed by atoms with Crippen LogP contribution in [-0.4, -0.2) is 44.7 Å². The van der Waals surface area contributed by atoms with Gasteiger partial charge in [0.15, 0.2) is 0 Å². The molecule has 1 heterocycles. The van der Waals surface area contributed by atoms with Gasteiger partial charge in [0, 0.05) is 19.1 Å². The number of aryl methyl sites for hydroxylation is 1. The Morgan fingerprint density at radius 2 is 2.24 bits per heavy atom. The van der Waals surface area contributed by atoms with Gasteiger partial charge in [-0.15, -0.1) is 0 Å². The summed E-state index contributed by atoms with van der Waals surface area (Å²) in [5.41, 5.74) is 1.79. The van der Waals surface area contributed by atoms with Crippen LogP contribution >= 0.6 is 0 Å². The van der Waals surface area contributed by atoms with Crippen LogP contribution in [0.1, 0.15) is 35.9 Å². The average Bonchev–Trinajstić information content (AvgIpc) is 3.23. The third-order valence-corrected chi connectivity index (χ3v) is 4.28. The van der Waals surface area contributed by atoms with Gasteiger partial charge in [0.25, 0.3) is 0 Å². The molecule has 0 bridgehead atoms. The van der Waals surface area contributed by atoms with Crippen molar-refractivity contribution in [2.45, 2.75) is 39.3 Å². The van der Waals surface area contributed by atoms with E-state index < -0.39 is 5.97 Å². The van der Waals surface area contributed by atoms with Crippen molar-refractivity contribution in [2.75, 3.05) is 13.1 Å². The molecule has 5 heteroatoms. The molecule has 1 aromatic heterocycles. The van der Waals surface area contributed by atoms with Gasteiger partial charge in [-0.25, -0.2) is 9.78 Å². The van der Waals surface area contributed by atoms with Gasteiger partial charge < -0.3 is 9.67 Å². The normalized spacial score (nSPS) is 15.0. The maximum Gasteiger partial charge on any atom is 0.337 e. The fourth-order valence-electron chi connectivity index (χ4n) is 2.98. The molecule has 0 saturated heterocycles. The van der Waals surface area contributed by atoms with Crippen LogP contribution in [0.2, 0.25) is 0 Å². The van der Waals surface area contributed by atoms with E-state index >= 15 is 0 Å². The SMILES string of the molecule is CCN(CCn1c(C)nc2c(C(=O)O)cccc21)C1CC1. The molecule has 0 radical (unpaired) electrons. The van der Waals surface area contributed by atoms with Gasteiger partial charge in [-0.3, -0.25) is 4.90 Å². The van der Waals surface area contributed by atoms with Crippen molar-refractivity contribution in [3.8, 4) is 0 Å². The van der Waals surface area contributed by atoms with Crippen LogP contribution in [0.15, 0.2) is 18.2 Å². The first-order chi connectivity index (χ1) is 10.1. The molecule has 2 aromatic rings. The van der Waals surface area contributed by atoms with E-state index in [1.54, 1.807) is 12.1 Å². The molecule has 3 rings (SSSR count). The standard InChI is InChI=1S/C16H21N3O2/c1-3-18(12-7-8-12)9-10-19-11(2)17-15-13(16(20)21)5-4-6-14(15)19/h4-6,12H,3,7-10H2,1-2H3,(H,20,21). The number of aromatic carboxylic acids is 1. The first-order valence-corrected chi connectivity index (χ1v) is 7.55. The molecule has 21 heavy (non-hydrogen) atoms. The van der Waals surface area contributed by atoms with Crippen molar-refractivity contribution < 1.29 is 9.90 Å². The topological polar surface area (TPSA) is 58.4 Å². The molecule has 1 N–H and O–H groups in total. The van der Waals surface area contributed by atoms with Crippen LogP contribution in [0, 0.1) is 6.92 Å². The highest BCUT2D eigenvalue weighted by molar-refractivity contribution is 6.01. The number of likely N-dealkylation sites (N-methyl/N-ethyl adjacent to an activating group) is 1. The number of hydrogen-bond donors (Lipinski definition) is 1. The van der Waals surface area contributed by atoms with E-state index in [-0.39, 0.29) is 5.56 Å².